The Kier molecular flexibility index (Phi) is 9.32. The second-order valence-corrected chi connectivity index (χ2v) is 10.5. The van der Waals surface area contributed by atoms with E-state index in [-0.39, 0.29) is 23.4 Å². The maximum Gasteiger partial charge on any atom is 0.374 e. The van der Waals surface area contributed by atoms with Crippen molar-refractivity contribution in [1.29, 1.82) is 0 Å². The molecule has 3 amide bonds. The summed E-state index contributed by atoms with van der Waals surface area (Å²) in [5.41, 5.74) is 0.875. The van der Waals surface area contributed by atoms with E-state index in [0.29, 0.717) is 11.1 Å². The molecule has 0 radical (unpaired) electrons. The molecular weight excluding hydrogens is 568 g/mol. The molecule has 1 unspecified atom stereocenters. The maximum atomic E-state index is 14.5. The second kappa shape index (κ2) is 13.1. The van der Waals surface area contributed by atoms with Gasteiger partial charge in [0.05, 0.1) is 10.6 Å². The number of rotatable bonds is 10. The first-order valence-electron chi connectivity index (χ1n) is 13.7. The SMILES string of the molecule is CC(=O)N([C@@H](Cc1ccccc1)C(=O)C(=O)O)N1C(=O)C(C(C)C)N(C(=O)c2ccc([N+](=O)[O-])cc2)C=C1c1ccccc1. The molecule has 12 heteroatoms. The van der Waals surface area contributed by atoms with E-state index >= 15 is 0 Å². The Hall–Kier alpha value is -5.65. The Morgan fingerprint density at radius 1 is 0.932 bits per heavy atom. The lowest BCUT2D eigenvalue weighted by atomic mass is 9.96. The number of carbonyl (C=O) groups is 5. The summed E-state index contributed by atoms with van der Waals surface area (Å²) in [5, 5.41) is 22.7. The lowest BCUT2D eigenvalue weighted by molar-refractivity contribution is -0.384. The summed E-state index contributed by atoms with van der Waals surface area (Å²) in [7, 11) is 0. The summed E-state index contributed by atoms with van der Waals surface area (Å²) >= 11 is 0. The third-order valence-corrected chi connectivity index (χ3v) is 7.13. The second-order valence-electron chi connectivity index (χ2n) is 10.5. The van der Waals surface area contributed by atoms with Crippen molar-refractivity contribution in [2.75, 3.05) is 0 Å². The van der Waals surface area contributed by atoms with Crippen LogP contribution in [0.2, 0.25) is 0 Å². The Balaban J connectivity index is 1.92. The minimum absolute atomic E-state index is 0.0502. The molecule has 0 spiro atoms. The van der Waals surface area contributed by atoms with Crippen molar-refractivity contribution in [2.45, 2.75) is 39.3 Å². The number of amides is 3. The average molecular weight is 599 g/mol. The minimum atomic E-state index is -1.78. The highest BCUT2D eigenvalue weighted by atomic mass is 16.6. The van der Waals surface area contributed by atoms with Crippen molar-refractivity contribution in [2.24, 2.45) is 5.92 Å². The van der Waals surface area contributed by atoms with Crippen LogP contribution in [0.4, 0.5) is 5.69 Å². The van der Waals surface area contributed by atoms with E-state index in [1.54, 1.807) is 74.5 Å². The fourth-order valence-corrected chi connectivity index (χ4v) is 5.09. The lowest BCUT2D eigenvalue weighted by Crippen LogP contribution is -2.64. The van der Waals surface area contributed by atoms with Crippen molar-refractivity contribution in [1.82, 2.24) is 14.9 Å². The number of carbonyl (C=O) groups excluding carboxylic acids is 4. The van der Waals surface area contributed by atoms with Crippen LogP contribution >= 0.6 is 0 Å². The summed E-state index contributed by atoms with van der Waals surface area (Å²) < 4.78 is 0. The number of aliphatic carboxylic acids is 1. The normalized spacial score (nSPS) is 15.4. The number of carboxylic acids is 1. The molecule has 0 fully saturated rings. The number of hydrogen-bond donors (Lipinski definition) is 1. The lowest BCUT2D eigenvalue weighted by Gasteiger charge is -2.46. The van der Waals surface area contributed by atoms with Gasteiger partial charge in [0.1, 0.15) is 12.1 Å². The van der Waals surface area contributed by atoms with Gasteiger partial charge in [0.15, 0.2) is 0 Å². The van der Waals surface area contributed by atoms with Crippen LogP contribution in [-0.4, -0.2) is 66.5 Å². The quantitative estimate of drug-likeness (QED) is 0.209. The van der Waals surface area contributed by atoms with Gasteiger partial charge in [-0.05, 0) is 23.6 Å². The topological polar surface area (TPSA) is 158 Å². The largest absolute Gasteiger partial charge is 0.475 e. The predicted octanol–water partition coefficient (Wildman–Crippen LogP) is 3.93. The van der Waals surface area contributed by atoms with Gasteiger partial charge in [-0.3, -0.25) is 34.2 Å². The molecule has 2 atom stereocenters. The molecule has 1 heterocycles. The Bertz CT molecular complexity index is 1620. The standard InChI is InChI=1S/C32H30N4O8/c1-20(2)28-31(40)35(34(21(3)37)26(29(38)32(41)42)18-22-10-6-4-7-11-22)27(23-12-8-5-9-13-23)19-33(28)30(39)24-14-16-25(17-15-24)36(43)44/h4-17,19-20,26,28H,18H2,1-3H3,(H,41,42)/t26-,28?/m0/s1. The number of hydrogen-bond acceptors (Lipinski definition) is 7. The van der Waals surface area contributed by atoms with E-state index in [9.17, 15) is 39.2 Å². The van der Waals surface area contributed by atoms with Crippen molar-refractivity contribution in [3.8, 4) is 0 Å². The van der Waals surface area contributed by atoms with Crippen LogP contribution in [0.3, 0.4) is 0 Å². The van der Waals surface area contributed by atoms with E-state index in [2.05, 4.69) is 0 Å². The molecule has 0 saturated carbocycles. The zero-order valence-electron chi connectivity index (χ0n) is 24.2. The van der Waals surface area contributed by atoms with Crippen molar-refractivity contribution in [3.63, 3.8) is 0 Å². The number of non-ortho nitro benzene ring substituents is 1. The van der Waals surface area contributed by atoms with Gasteiger partial charge in [-0.1, -0.05) is 74.5 Å². The Morgan fingerprint density at radius 2 is 1.50 bits per heavy atom. The van der Waals surface area contributed by atoms with Crippen molar-refractivity contribution < 1.29 is 34.0 Å². The number of benzene rings is 3. The van der Waals surface area contributed by atoms with Gasteiger partial charge >= 0.3 is 5.97 Å². The fraction of sp³-hybridized carbons (Fsp3) is 0.219. The molecule has 3 aromatic rings. The molecule has 44 heavy (non-hydrogen) atoms. The van der Waals surface area contributed by atoms with Crippen LogP contribution in [-0.2, 0) is 25.6 Å². The van der Waals surface area contributed by atoms with Crippen LogP contribution < -0.4 is 0 Å². The molecule has 0 saturated heterocycles. The van der Waals surface area contributed by atoms with Crippen LogP contribution in [0.15, 0.2) is 91.1 Å². The molecule has 4 rings (SSSR count). The number of carboxylic acid groups (broad SMARTS) is 1. The van der Waals surface area contributed by atoms with Gasteiger partial charge in [-0.2, -0.15) is 0 Å². The molecule has 0 aliphatic carbocycles. The first-order valence-corrected chi connectivity index (χ1v) is 13.7. The number of nitro benzene ring substituents is 1. The smallest absolute Gasteiger partial charge is 0.374 e. The monoisotopic (exact) mass is 598 g/mol. The summed E-state index contributed by atoms with van der Waals surface area (Å²) in [4.78, 5) is 78.6. The maximum absolute atomic E-state index is 14.5. The number of ketones is 1. The fourth-order valence-electron chi connectivity index (χ4n) is 5.09. The van der Waals surface area contributed by atoms with Crippen molar-refractivity contribution in [3.05, 3.63) is 118 Å². The van der Waals surface area contributed by atoms with E-state index in [0.717, 1.165) is 16.9 Å². The first-order chi connectivity index (χ1) is 20.9. The molecule has 0 bridgehead atoms. The first kappa shape index (κ1) is 31.3. The minimum Gasteiger partial charge on any atom is -0.475 e. The van der Waals surface area contributed by atoms with Gasteiger partial charge < -0.3 is 5.11 Å². The van der Waals surface area contributed by atoms with Gasteiger partial charge in [0.25, 0.3) is 23.3 Å². The van der Waals surface area contributed by atoms with Crippen molar-refractivity contribution >= 4 is 40.9 Å². The molecule has 1 aliphatic heterocycles. The molecular formula is C32H30N4O8. The zero-order valence-corrected chi connectivity index (χ0v) is 24.2. The zero-order chi connectivity index (χ0) is 32.1. The van der Waals surface area contributed by atoms with Crippen LogP contribution in [0.1, 0.15) is 42.3 Å². The summed E-state index contributed by atoms with van der Waals surface area (Å²) in [5.74, 6) is -5.73. The van der Waals surface area contributed by atoms with Gasteiger partial charge in [0.2, 0.25) is 5.91 Å². The number of hydrazine groups is 1. The van der Waals surface area contributed by atoms with Gasteiger partial charge in [-0.15, -0.1) is 0 Å². The molecule has 3 aromatic carbocycles. The summed E-state index contributed by atoms with van der Waals surface area (Å²) in [6.45, 7) is 4.52. The highest BCUT2D eigenvalue weighted by Gasteiger charge is 2.47. The highest BCUT2D eigenvalue weighted by Crippen LogP contribution is 2.34. The van der Waals surface area contributed by atoms with E-state index < -0.39 is 52.4 Å². The third-order valence-electron chi connectivity index (χ3n) is 7.13. The Labute approximate surface area is 252 Å². The van der Waals surface area contributed by atoms with Gasteiger partial charge in [0, 0.05) is 42.8 Å². The molecule has 1 aliphatic rings. The highest BCUT2D eigenvalue weighted by molar-refractivity contribution is 6.35. The molecule has 0 aromatic heterocycles. The molecule has 12 nitrogen and oxygen atoms in total. The van der Waals surface area contributed by atoms with E-state index in [1.807, 2.05) is 0 Å². The summed E-state index contributed by atoms with van der Waals surface area (Å²) in [6, 6.07) is 19.0. The Morgan fingerprint density at radius 3 is 2.00 bits per heavy atom. The van der Waals surface area contributed by atoms with E-state index in [4.69, 9.17) is 0 Å². The summed E-state index contributed by atoms with van der Waals surface area (Å²) in [6.07, 6.45) is 1.18. The van der Waals surface area contributed by atoms with Crippen LogP contribution in [0.5, 0.6) is 0 Å². The predicted molar refractivity (Wildman–Crippen MR) is 158 cm³/mol. The molecule has 1 N–H and O–H groups in total. The number of nitro groups is 1. The average Bonchev–Trinajstić information content (AvgIpc) is 3.01. The van der Waals surface area contributed by atoms with Crippen LogP contribution in [0, 0.1) is 16.0 Å². The van der Waals surface area contributed by atoms with Gasteiger partial charge in [-0.25, -0.2) is 14.8 Å². The molecule has 226 valence electrons. The third kappa shape index (κ3) is 6.38. The van der Waals surface area contributed by atoms with Crippen LogP contribution in [0.25, 0.3) is 5.70 Å². The van der Waals surface area contributed by atoms with E-state index in [1.165, 1.54) is 35.4 Å². The number of Topliss-reactive ketones (excluding diaryl/α,β-unsaturated/α-hetero) is 1. The number of nitrogens with zero attached hydrogens (tertiary/aromatic N) is 4.